The highest BCUT2D eigenvalue weighted by molar-refractivity contribution is 7.98. The molecule has 0 aromatic carbocycles. The number of hydrogen-bond acceptors (Lipinski definition) is 5. The molecule has 0 radical (unpaired) electrons. The van der Waals surface area contributed by atoms with E-state index in [4.69, 9.17) is 5.11 Å². The second-order valence-corrected chi connectivity index (χ2v) is 5.02. The molecule has 2 N–H and O–H groups in total. The molecule has 0 saturated carbocycles. The average Bonchev–Trinajstić information content (AvgIpc) is 2.75. The third kappa shape index (κ3) is 3.73. The van der Waals surface area contributed by atoms with Gasteiger partial charge in [-0.3, -0.25) is 4.79 Å². The lowest BCUT2D eigenvalue weighted by Crippen LogP contribution is -2.41. The van der Waals surface area contributed by atoms with E-state index < -0.39 is 22.8 Å². The van der Waals surface area contributed by atoms with E-state index in [2.05, 4.69) is 5.32 Å². The standard InChI is InChI=1S/C11H15N3O5S/c1-13-8(3-4-9(13)14(18)19)10(15)12-7(11(16)17)5-6-20-2/h3-4,7H,5-6H2,1-2H3,(H,12,15)(H,16,17)/t7-/m1/s1. The molecule has 1 rings (SSSR count). The van der Waals surface area contributed by atoms with Crippen LogP contribution in [0.15, 0.2) is 12.1 Å². The fraction of sp³-hybridized carbons (Fsp3) is 0.455. The van der Waals surface area contributed by atoms with E-state index >= 15 is 0 Å². The van der Waals surface area contributed by atoms with Crippen molar-refractivity contribution in [2.24, 2.45) is 7.05 Å². The van der Waals surface area contributed by atoms with Crippen molar-refractivity contribution in [3.05, 3.63) is 27.9 Å². The summed E-state index contributed by atoms with van der Waals surface area (Å²) in [5.41, 5.74) is 0.0482. The number of amides is 1. The Hall–Kier alpha value is -2.03. The van der Waals surface area contributed by atoms with Crippen molar-refractivity contribution in [2.75, 3.05) is 12.0 Å². The predicted octanol–water partition coefficient (Wildman–Crippen LogP) is 0.869. The van der Waals surface area contributed by atoms with Gasteiger partial charge in [-0.15, -0.1) is 0 Å². The van der Waals surface area contributed by atoms with E-state index in [1.54, 1.807) is 0 Å². The van der Waals surface area contributed by atoms with E-state index in [-0.39, 0.29) is 17.9 Å². The first-order valence-corrected chi connectivity index (χ1v) is 7.10. The van der Waals surface area contributed by atoms with E-state index in [0.29, 0.717) is 5.75 Å². The van der Waals surface area contributed by atoms with Crippen LogP contribution < -0.4 is 5.32 Å². The van der Waals surface area contributed by atoms with Crippen LogP contribution in [0.4, 0.5) is 5.82 Å². The molecule has 0 aliphatic carbocycles. The molecule has 0 aliphatic rings. The number of nitro groups is 1. The molecule has 8 nitrogen and oxygen atoms in total. The molecule has 20 heavy (non-hydrogen) atoms. The molecule has 1 aromatic rings. The van der Waals surface area contributed by atoms with Gasteiger partial charge in [0, 0.05) is 6.07 Å². The number of carbonyl (C=O) groups excluding carboxylic acids is 1. The number of carboxylic acid groups (broad SMARTS) is 1. The summed E-state index contributed by atoms with van der Waals surface area (Å²) >= 11 is 1.47. The van der Waals surface area contributed by atoms with E-state index in [9.17, 15) is 19.7 Å². The van der Waals surface area contributed by atoms with Crippen molar-refractivity contribution in [3.63, 3.8) is 0 Å². The number of aromatic nitrogens is 1. The Balaban J connectivity index is 2.84. The van der Waals surface area contributed by atoms with Crippen LogP contribution in [0.1, 0.15) is 16.9 Å². The Morgan fingerprint density at radius 2 is 2.20 bits per heavy atom. The number of nitrogens with zero attached hydrogens (tertiary/aromatic N) is 2. The van der Waals surface area contributed by atoms with Gasteiger partial charge in [0.1, 0.15) is 6.04 Å². The Morgan fingerprint density at radius 3 is 2.65 bits per heavy atom. The summed E-state index contributed by atoms with van der Waals surface area (Å²) in [5.74, 6) is -1.42. The van der Waals surface area contributed by atoms with Gasteiger partial charge in [-0.2, -0.15) is 11.8 Å². The van der Waals surface area contributed by atoms with E-state index in [1.807, 2.05) is 6.26 Å². The van der Waals surface area contributed by atoms with Crippen molar-refractivity contribution in [1.82, 2.24) is 9.88 Å². The fourth-order valence-corrected chi connectivity index (χ4v) is 2.11. The maximum Gasteiger partial charge on any atom is 0.326 e. The highest BCUT2D eigenvalue weighted by atomic mass is 32.2. The molecular formula is C11H15N3O5S. The molecule has 0 bridgehead atoms. The molecule has 0 aliphatic heterocycles. The van der Waals surface area contributed by atoms with Gasteiger partial charge in [0.25, 0.3) is 5.91 Å². The molecule has 1 aromatic heterocycles. The first-order chi connectivity index (χ1) is 9.38. The zero-order chi connectivity index (χ0) is 15.3. The smallest absolute Gasteiger partial charge is 0.326 e. The van der Waals surface area contributed by atoms with Gasteiger partial charge in [-0.25, -0.2) is 9.36 Å². The van der Waals surface area contributed by atoms with Gasteiger partial charge in [0.05, 0.1) is 7.05 Å². The normalized spacial score (nSPS) is 11.9. The van der Waals surface area contributed by atoms with Crippen LogP contribution in [0, 0.1) is 10.1 Å². The maximum absolute atomic E-state index is 12.0. The summed E-state index contributed by atoms with van der Waals surface area (Å²) < 4.78 is 1.11. The lowest BCUT2D eigenvalue weighted by molar-refractivity contribution is -0.391. The van der Waals surface area contributed by atoms with Gasteiger partial charge in [0.15, 0.2) is 5.69 Å². The lowest BCUT2D eigenvalue weighted by Gasteiger charge is -2.13. The Labute approximate surface area is 119 Å². The predicted molar refractivity (Wildman–Crippen MR) is 74.0 cm³/mol. The summed E-state index contributed by atoms with van der Waals surface area (Å²) in [7, 11) is 1.38. The number of hydrogen-bond donors (Lipinski definition) is 2. The summed E-state index contributed by atoms with van der Waals surface area (Å²) in [4.78, 5) is 33.1. The van der Waals surface area contributed by atoms with Crippen molar-refractivity contribution >= 4 is 29.5 Å². The minimum absolute atomic E-state index is 0.0482. The molecule has 1 atom stereocenters. The van der Waals surface area contributed by atoms with Crippen molar-refractivity contribution in [1.29, 1.82) is 0 Å². The number of nitrogens with one attached hydrogen (secondary N) is 1. The van der Waals surface area contributed by atoms with Crippen LogP contribution in [-0.2, 0) is 11.8 Å². The maximum atomic E-state index is 12.0. The van der Waals surface area contributed by atoms with Gasteiger partial charge >= 0.3 is 11.8 Å². The number of aliphatic carboxylic acids is 1. The fourth-order valence-electron chi connectivity index (χ4n) is 1.64. The first kappa shape index (κ1) is 16.0. The van der Waals surface area contributed by atoms with Gasteiger partial charge < -0.3 is 20.5 Å². The third-order valence-electron chi connectivity index (χ3n) is 2.73. The second kappa shape index (κ2) is 6.94. The van der Waals surface area contributed by atoms with Gasteiger partial charge in [-0.05, 0) is 29.4 Å². The molecule has 0 unspecified atom stereocenters. The minimum atomic E-state index is -1.13. The van der Waals surface area contributed by atoms with Crippen LogP contribution in [-0.4, -0.2) is 44.5 Å². The number of rotatable bonds is 7. The Morgan fingerprint density at radius 1 is 1.55 bits per heavy atom. The van der Waals surface area contributed by atoms with Gasteiger partial charge in [-0.1, -0.05) is 0 Å². The topological polar surface area (TPSA) is 114 Å². The van der Waals surface area contributed by atoms with Crippen molar-refractivity contribution < 1.29 is 19.6 Å². The quantitative estimate of drug-likeness (QED) is 0.570. The molecule has 9 heteroatoms. The average molecular weight is 301 g/mol. The van der Waals surface area contributed by atoms with Crippen LogP contribution in [0.5, 0.6) is 0 Å². The Kier molecular flexibility index (Phi) is 5.56. The number of thioether (sulfide) groups is 1. The molecule has 1 heterocycles. The zero-order valence-corrected chi connectivity index (χ0v) is 11.8. The molecular weight excluding hydrogens is 286 g/mol. The summed E-state index contributed by atoms with van der Waals surface area (Å²) in [6.45, 7) is 0. The first-order valence-electron chi connectivity index (χ1n) is 5.71. The summed E-state index contributed by atoms with van der Waals surface area (Å²) in [6.07, 6.45) is 2.12. The van der Waals surface area contributed by atoms with Crippen molar-refractivity contribution in [3.8, 4) is 0 Å². The van der Waals surface area contributed by atoms with Crippen LogP contribution in [0.2, 0.25) is 0 Å². The molecule has 0 spiro atoms. The third-order valence-corrected chi connectivity index (χ3v) is 3.37. The molecule has 110 valence electrons. The number of carbonyl (C=O) groups is 2. The SMILES string of the molecule is CSCC[C@@H](NC(=O)c1ccc([N+](=O)[O-])n1C)C(=O)O. The second-order valence-electron chi connectivity index (χ2n) is 4.04. The van der Waals surface area contributed by atoms with Crippen LogP contribution in [0.25, 0.3) is 0 Å². The molecule has 0 saturated heterocycles. The lowest BCUT2D eigenvalue weighted by atomic mass is 10.2. The van der Waals surface area contributed by atoms with Crippen molar-refractivity contribution in [2.45, 2.75) is 12.5 Å². The van der Waals surface area contributed by atoms with E-state index in [0.717, 1.165) is 4.57 Å². The highest BCUT2D eigenvalue weighted by Gasteiger charge is 2.25. The van der Waals surface area contributed by atoms with E-state index in [1.165, 1.54) is 30.9 Å². The largest absolute Gasteiger partial charge is 0.480 e. The summed E-state index contributed by atoms with van der Waals surface area (Å²) in [5, 5.41) is 22.1. The summed E-state index contributed by atoms with van der Waals surface area (Å²) in [6, 6.07) is 1.48. The zero-order valence-electron chi connectivity index (χ0n) is 11.0. The Bertz CT molecular complexity index is 528. The van der Waals surface area contributed by atoms with Gasteiger partial charge in [0.2, 0.25) is 0 Å². The highest BCUT2D eigenvalue weighted by Crippen LogP contribution is 2.15. The van der Waals surface area contributed by atoms with Crippen LogP contribution >= 0.6 is 11.8 Å². The minimum Gasteiger partial charge on any atom is -0.480 e. The molecule has 0 fully saturated rings. The number of carboxylic acids is 1. The monoisotopic (exact) mass is 301 g/mol. The van der Waals surface area contributed by atoms with Crippen LogP contribution in [0.3, 0.4) is 0 Å². The molecule has 1 amide bonds.